The third-order valence-electron chi connectivity index (χ3n) is 3.79. The molecule has 98 valence electrons. The Bertz CT molecular complexity index is 595. The van der Waals surface area contributed by atoms with Crippen LogP contribution in [0.15, 0.2) is 36.7 Å². The molecule has 0 aliphatic carbocycles. The maximum atomic E-state index is 5.92. The molecule has 0 saturated carbocycles. The fourth-order valence-electron chi connectivity index (χ4n) is 2.73. The summed E-state index contributed by atoms with van der Waals surface area (Å²) < 4.78 is 5.92. The first kappa shape index (κ1) is 12.2. The number of benzene rings is 1. The number of fused-ring (bicyclic) bond motifs is 1. The predicted octanol–water partition coefficient (Wildman–Crippen LogP) is 2.88. The molecule has 0 amide bonds. The van der Waals surface area contributed by atoms with Gasteiger partial charge in [0, 0.05) is 23.9 Å². The van der Waals surface area contributed by atoms with Gasteiger partial charge in [0.25, 0.3) is 0 Å². The number of para-hydroxylation sites is 1. The van der Waals surface area contributed by atoms with E-state index in [1.165, 1.54) is 11.1 Å². The lowest BCUT2D eigenvalue weighted by Gasteiger charge is -2.27. The van der Waals surface area contributed by atoms with Gasteiger partial charge < -0.3 is 10.5 Å². The lowest BCUT2D eigenvalue weighted by molar-refractivity contribution is 0.270. The summed E-state index contributed by atoms with van der Waals surface area (Å²) in [6.07, 6.45) is 4.71. The van der Waals surface area contributed by atoms with Crippen LogP contribution >= 0.6 is 0 Å². The summed E-state index contributed by atoms with van der Waals surface area (Å²) in [5, 5.41) is 0. The van der Waals surface area contributed by atoms with Gasteiger partial charge in [0.2, 0.25) is 0 Å². The van der Waals surface area contributed by atoms with Crippen molar-refractivity contribution < 1.29 is 4.74 Å². The van der Waals surface area contributed by atoms with E-state index in [0.29, 0.717) is 12.5 Å². The molecule has 0 radical (unpaired) electrons. The lowest BCUT2D eigenvalue weighted by atomic mass is 9.89. The van der Waals surface area contributed by atoms with E-state index in [1.807, 2.05) is 18.5 Å². The molecule has 3 nitrogen and oxygen atoms in total. The average Bonchev–Trinajstić information content (AvgIpc) is 2.46. The van der Waals surface area contributed by atoms with Crippen LogP contribution in [0.3, 0.4) is 0 Å². The molecule has 0 fully saturated rings. The first-order valence-electron chi connectivity index (χ1n) is 6.68. The highest BCUT2D eigenvalue weighted by atomic mass is 16.5. The van der Waals surface area contributed by atoms with Crippen molar-refractivity contribution >= 4 is 0 Å². The predicted molar refractivity (Wildman–Crippen MR) is 76.3 cm³/mol. The molecule has 1 aliphatic rings. The SMILES string of the molecule is Cc1cnccc1-c1cccc2c1OCC[C@@H]2CN. The van der Waals surface area contributed by atoms with Crippen LogP contribution < -0.4 is 10.5 Å². The molecule has 2 heterocycles. The van der Waals surface area contributed by atoms with Crippen LogP contribution in [0.2, 0.25) is 0 Å². The molecular formula is C16H18N2O. The number of ether oxygens (including phenoxy) is 1. The second-order valence-electron chi connectivity index (χ2n) is 4.98. The van der Waals surface area contributed by atoms with Crippen LogP contribution in [0.5, 0.6) is 5.75 Å². The van der Waals surface area contributed by atoms with Crippen molar-refractivity contribution in [1.29, 1.82) is 0 Å². The Morgan fingerprint density at radius 1 is 1.32 bits per heavy atom. The third kappa shape index (κ3) is 2.10. The summed E-state index contributed by atoms with van der Waals surface area (Å²) in [7, 11) is 0. The van der Waals surface area contributed by atoms with Gasteiger partial charge in [-0.05, 0) is 42.6 Å². The molecule has 2 aromatic rings. The smallest absolute Gasteiger partial charge is 0.130 e. The van der Waals surface area contributed by atoms with Gasteiger partial charge in [-0.2, -0.15) is 0 Å². The first-order valence-corrected chi connectivity index (χ1v) is 6.68. The van der Waals surface area contributed by atoms with Crippen LogP contribution in [0.1, 0.15) is 23.5 Å². The second kappa shape index (κ2) is 5.02. The second-order valence-corrected chi connectivity index (χ2v) is 4.98. The fourth-order valence-corrected chi connectivity index (χ4v) is 2.73. The number of pyridine rings is 1. The molecular weight excluding hydrogens is 236 g/mol. The van der Waals surface area contributed by atoms with E-state index in [0.717, 1.165) is 29.9 Å². The molecule has 1 aromatic carbocycles. The van der Waals surface area contributed by atoms with Crippen LogP contribution in [-0.2, 0) is 0 Å². The Balaban J connectivity index is 2.16. The van der Waals surface area contributed by atoms with Gasteiger partial charge in [-0.1, -0.05) is 18.2 Å². The van der Waals surface area contributed by atoms with Crippen molar-refractivity contribution in [2.45, 2.75) is 19.3 Å². The van der Waals surface area contributed by atoms with Gasteiger partial charge in [-0.15, -0.1) is 0 Å². The molecule has 1 atom stereocenters. The standard InChI is InChI=1S/C16H18N2O/c1-11-10-18-7-5-13(11)15-4-2-3-14-12(9-17)6-8-19-16(14)15/h2-5,7,10,12H,6,8-9,17H2,1H3/t12-/m1/s1. The van der Waals surface area contributed by atoms with Gasteiger partial charge in [0.05, 0.1) is 6.61 Å². The maximum absolute atomic E-state index is 5.92. The topological polar surface area (TPSA) is 48.1 Å². The molecule has 1 aromatic heterocycles. The zero-order valence-corrected chi connectivity index (χ0v) is 11.1. The molecule has 0 saturated heterocycles. The molecule has 19 heavy (non-hydrogen) atoms. The zero-order valence-electron chi connectivity index (χ0n) is 11.1. The first-order chi connectivity index (χ1) is 9.31. The summed E-state index contributed by atoms with van der Waals surface area (Å²) in [5.74, 6) is 1.41. The summed E-state index contributed by atoms with van der Waals surface area (Å²) >= 11 is 0. The van der Waals surface area contributed by atoms with E-state index >= 15 is 0 Å². The zero-order chi connectivity index (χ0) is 13.2. The highest BCUT2D eigenvalue weighted by Crippen LogP contribution is 2.41. The molecule has 0 spiro atoms. The Morgan fingerprint density at radius 2 is 2.21 bits per heavy atom. The number of hydrogen-bond acceptors (Lipinski definition) is 3. The summed E-state index contributed by atoms with van der Waals surface area (Å²) in [6.45, 7) is 3.50. The minimum absolute atomic E-state index is 0.408. The van der Waals surface area contributed by atoms with Gasteiger partial charge in [-0.3, -0.25) is 4.98 Å². The van der Waals surface area contributed by atoms with Crippen molar-refractivity contribution in [2.75, 3.05) is 13.2 Å². The molecule has 0 unspecified atom stereocenters. The van der Waals surface area contributed by atoms with E-state index in [1.54, 1.807) is 0 Å². The van der Waals surface area contributed by atoms with Crippen molar-refractivity contribution in [3.63, 3.8) is 0 Å². The number of nitrogens with two attached hydrogens (primary N) is 1. The van der Waals surface area contributed by atoms with Crippen LogP contribution in [0, 0.1) is 6.92 Å². The highest BCUT2D eigenvalue weighted by molar-refractivity contribution is 5.75. The number of aromatic nitrogens is 1. The summed E-state index contributed by atoms with van der Waals surface area (Å²) in [4.78, 5) is 4.15. The van der Waals surface area contributed by atoms with Crippen molar-refractivity contribution in [2.24, 2.45) is 5.73 Å². The number of aryl methyl sites for hydroxylation is 1. The van der Waals surface area contributed by atoms with Gasteiger partial charge in [0.1, 0.15) is 5.75 Å². The minimum atomic E-state index is 0.408. The van der Waals surface area contributed by atoms with Gasteiger partial charge in [0.15, 0.2) is 0 Å². The third-order valence-corrected chi connectivity index (χ3v) is 3.79. The van der Waals surface area contributed by atoms with Gasteiger partial charge >= 0.3 is 0 Å². The van der Waals surface area contributed by atoms with Crippen molar-refractivity contribution in [3.05, 3.63) is 47.8 Å². The largest absolute Gasteiger partial charge is 0.493 e. The van der Waals surface area contributed by atoms with E-state index in [4.69, 9.17) is 10.5 Å². The van der Waals surface area contributed by atoms with E-state index in [2.05, 4.69) is 30.1 Å². The Hall–Kier alpha value is -1.87. The highest BCUT2D eigenvalue weighted by Gasteiger charge is 2.23. The lowest BCUT2D eigenvalue weighted by Crippen LogP contribution is -2.21. The molecule has 3 heteroatoms. The van der Waals surface area contributed by atoms with Crippen LogP contribution in [0.25, 0.3) is 11.1 Å². The van der Waals surface area contributed by atoms with Crippen LogP contribution in [0.4, 0.5) is 0 Å². The number of nitrogens with zero attached hydrogens (tertiary/aromatic N) is 1. The van der Waals surface area contributed by atoms with Crippen molar-refractivity contribution in [1.82, 2.24) is 4.98 Å². The van der Waals surface area contributed by atoms with E-state index in [9.17, 15) is 0 Å². The normalized spacial score (nSPS) is 17.7. The van der Waals surface area contributed by atoms with E-state index < -0.39 is 0 Å². The average molecular weight is 254 g/mol. The minimum Gasteiger partial charge on any atom is -0.493 e. The quantitative estimate of drug-likeness (QED) is 0.896. The maximum Gasteiger partial charge on any atom is 0.130 e. The molecule has 3 rings (SSSR count). The number of hydrogen-bond donors (Lipinski definition) is 1. The summed E-state index contributed by atoms with van der Waals surface area (Å²) in [6, 6.07) is 8.37. The Labute approximate surface area is 113 Å². The number of rotatable bonds is 2. The van der Waals surface area contributed by atoms with E-state index in [-0.39, 0.29) is 0 Å². The molecule has 0 bridgehead atoms. The Morgan fingerprint density at radius 3 is 3.00 bits per heavy atom. The van der Waals surface area contributed by atoms with Crippen LogP contribution in [-0.4, -0.2) is 18.1 Å². The molecule has 2 N–H and O–H groups in total. The summed E-state index contributed by atoms with van der Waals surface area (Å²) in [5.41, 5.74) is 10.6. The Kier molecular flexibility index (Phi) is 3.22. The fraction of sp³-hybridized carbons (Fsp3) is 0.312. The monoisotopic (exact) mass is 254 g/mol. The van der Waals surface area contributed by atoms with Gasteiger partial charge in [-0.25, -0.2) is 0 Å². The van der Waals surface area contributed by atoms with Crippen molar-refractivity contribution in [3.8, 4) is 16.9 Å². The molecule has 1 aliphatic heterocycles.